The van der Waals surface area contributed by atoms with Gasteiger partial charge in [0.05, 0.1) is 30.2 Å². The van der Waals surface area contributed by atoms with Crippen LogP contribution >= 0.6 is 0 Å². The van der Waals surface area contributed by atoms with Gasteiger partial charge in [0.2, 0.25) is 17.5 Å². The summed E-state index contributed by atoms with van der Waals surface area (Å²) < 4.78 is 19.1. The third-order valence-corrected chi connectivity index (χ3v) is 6.43. The molecular weight excluding hydrogens is 469 g/mol. The first-order valence-corrected chi connectivity index (χ1v) is 11.6. The number of aromatic nitrogens is 4. The number of carbonyl (C=O) groups excluding carboxylic acids is 2. The zero-order valence-corrected chi connectivity index (χ0v) is 20.1. The Labute approximate surface area is 206 Å². The van der Waals surface area contributed by atoms with E-state index in [-0.39, 0.29) is 37.1 Å². The lowest BCUT2D eigenvalue weighted by molar-refractivity contribution is -0.145. The third kappa shape index (κ3) is 4.28. The summed E-state index contributed by atoms with van der Waals surface area (Å²) in [6.45, 7) is 3.70. The van der Waals surface area contributed by atoms with Crippen LogP contribution < -0.4 is 5.32 Å². The van der Waals surface area contributed by atoms with Crippen LogP contribution in [0, 0.1) is 0 Å². The van der Waals surface area contributed by atoms with Crippen LogP contribution in [0.4, 0.5) is 10.3 Å². The summed E-state index contributed by atoms with van der Waals surface area (Å²) in [5.41, 5.74) is -1.22. The molecule has 0 radical (unpaired) electrons. The van der Waals surface area contributed by atoms with Crippen LogP contribution in [0.1, 0.15) is 26.0 Å². The summed E-state index contributed by atoms with van der Waals surface area (Å²) in [6.07, 6.45) is 1.76. The maximum Gasteiger partial charge on any atom is 0.262 e. The number of rotatable bonds is 6. The minimum absolute atomic E-state index is 0.0708. The van der Waals surface area contributed by atoms with Gasteiger partial charge in [-0.2, -0.15) is 0 Å². The fourth-order valence-electron chi connectivity index (χ4n) is 4.40. The summed E-state index contributed by atoms with van der Waals surface area (Å²) in [5, 5.41) is 17.8. The topological polar surface area (TPSA) is 138 Å². The summed E-state index contributed by atoms with van der Waals surface area (Å²) in [6, 6.07) is 7.82. The van der Waals surface area contributed by atoms with E-state index in [9.17, 15) is 19.1 Å². The van der Waals surface area contributed by atoms with E-state index in [0.29, 0.717) is 29.3 Å². The largest absolute Gasteiger partial charge is 0.373 e. The van der Waals surface area contributed by atoms with Gasteiger partial charge in [-0.25, -0.2) is 19.3 Å². The normalized spacial score (nSPS) is 21.9. The zero-order chi connectivity index (χ0) is 25.7. The number of halogens is 1. The number of pyridine rings is 1. The molecule has 2 aliphatic rings. The second-order valence-electron chi connectivity index (χ2n) is 9.56. The van der Waals surface area contributed by atoms with Gasteiger partial charge < -0.3 is 24.7 Å². The van der Waals surface area contributed by atoms with E-state index >= 15 is 0 Å². The van der Waals surface area contributed by atoms with Crippen LogP contribution in [-0.4, -0.2) is 85.2 Å². The Bertz CT molecular complexity index is 1320. The molecule has 0 bridgehead atoms. The van der Waals surface area contributed by atoms with E-state index in [1.807, 2.05) is 0 Å². The highest BCUT2D eigenvalue weighted by molar-refractivity contribution is 5.88. The average Bonchev–Trinajstić information content (AvgIpc) is 3.45. The molecule has 5 rings (SSSR count). The Morgan fingerprint density at radius 2 is 1.89 bits per heavy atom. The smallest absolute Gasteiger partial charge is 0.262 e. The van der Waals surface area contributed by atoms with E-state index < -0.39 is 23.2 Å². The molecule has 3 aromatic rings. The maximum absolute atomic E-state index is 13.7. The lowest BCUT2D eigenvalue weighted by Gasteiger charge is -2.43. The Kier molecular flexibility index (Phi) is 5.70. The molecule has 2 aliphatic heterocycles. The van der Waals surface area contributed by atoms with E-state index in [4.69, 9.17) is 4.52 Å². The van der Waals surface area contributed by atoms with Crippen molar-refractivity contribution in [3.8, 4) is 22.8 Å². The van der Waals surface area contributed by atoms with Gasteiger partial charge in [-0.05, 0) is 32.0 Å². The number of carbonyl (C=O) groups is 2. The number of likely N-dealkylation sites (N-methyl/N-ethyl adjacent to an activating group) is 1. The molecule has 188 valence electrons. The molecule has 0 aliphatic carbocycles. The molecule has 36 heavy (non-hydrogen) atoms. The maximum atomic E-state index is 13.7. The monoisotopic (exact) mass is 495 g/mol. The van der Waals surface area contributed by atoms with Gasteiger partial charge in [0, 0.05) is 32.3 Å². The summed E-state index contributed by atoms with van der Waals surface area (Å²) in [5.74, 6) is -0.358. The highest BCUT2D eigenvalue weighted by Crippen LogP contribution is 2.34. The Hall–Kier alpha value is -3.93. The van der Waals surface area contributed by atoms with Gasteiger partial charge >= 0.3 is 0 Å². The van der Waals surface area contributed by atoms with Crippen molar-refractivity contribution in [3.05, 3.63) is 42.3 Å². The number of amides is 2. The minimum Gasteiger partial charge on any atom is -0.373 e. The van der Waals surface area contributed by atoms with Gasteiger partial charge in [0.25, 0.3) is 5.91 Å². The minimum atomic E-state index is -1.74. The van der Waals surface area contributed by atoms with Crippen molar-refractivity contribution in [3.63, 3.8) is 0 Å². The Morgan fingerprint density at radius 3 is 2.56 bits per heavy atom. The molecule has 3 aromatic heterocycles. The second kappa shape index (κ2) is 8.63. The number of nitrogens with one attached hydrogen (secondary N) is 1. The number of alkyl halides is 1. The first kappa shape index (κ1) is 23.8. The molecule has 2 atom stereocenters. The predicted molar refractivity (Wildman–Crippen MR) is 126 cm³/mol. The van der Waals surface area contributed by atoms with Crippen molar-refractivity contribution in [1.29, 1.82) is 0 Å². The Balaban J connectivity index is 1.33. The lowest BCUT2D eigenvalue weighted by Crippen LogP contribution is -2.61. The number of nitrogens with zero attached hydrogens (tertiary/aromatic N) is 6. The highest BCUT2D eigenvalue weighted by atomic mass is 19.1. The number of anilines is 1. The number of hydrogen-bond donors (Lipinski definition) is 2. The fraction of sp³-hybridized carbons (Fsp3) is 0.417. The third-order valence-electron chi connectivity index (χ3n) is 6.43. The molecule has 0 spiro atoms. The average molecular weight is 496 g/mol. The quantitative estimate of drug-likeness (QED) is 0.522. The van der Waals surface area contributed by atoms with E-state index in [1.165, 1.54) is 22.8 Å². The van der Waals surface area contributed by atoms with Gasteiger partial charge in [-0.3, -0.25) is 9.59 Å². The fourth-order valence-corrected chi connectivity index (χ4v) is 4.40. The van der Waals surface area contributed by atoms with Crippen LogP contribution in [0.3, 0.4) is 0 Å². The zero-order valence-electron chi connectivity index (χ0n) is 20.1. The van der Waals surface area contributed by atoms with Crippen LogP contribution in [0.15, 0.2) is 41.1 Å². The van der Waals surface area contributed by atoms with E-state index in [2.05, 4.69) is 25.4 Å². The first-order chi connectivity index (χ1) is 17.1. The van der Waals surface area contributed by atoms with Gasteiger partial charge in [0.15, 0.2) is 5.76 Å². The van der Waals surface area contributed by atoms with Crippen molar-refractivity contribution < 1.29 is 23.6 Å². The highest BCUT2D eigenvalue weighted by Gasteiger charge is 2.48. The first-order valence-electron chi connectivity index (χ1n) is 11.6. The molecule has 11 nitrogen and oxygen atoms in total. The molecule has 5 heterocycles. The van der Waals surface area contributed by atoms with Crippen LogP contribution in [0.25, 0.3) is 22.8 Å². The van der Waals surface area contributed by atoms with Crippen LogP contribution in [0.5, 0.6) is 0 Å². The predicted octanol–water partition coefficient (Wildman–Crippen LogP) is 1.61. The van der Waals surface area contributed by atoms with Crippen molar-refractivity contribution in [2.24, 2.45) is 0 Å². The van der Waals surface area contributed by atoms with E-state index in [1.54, 1.807) is 44.4 Å². The van der Waals surface area contributed by atoms with Gasteiger partial charge in [-0.15, -0.1) is 0 Å². The molecule has 0 aromatic carbocycles. The molecule has 2 saturated heterocycles. The number of hydrogen-bond acceptors (Lipinski definition) is 9. The molecule has 12 heteroatoms. The summed E-state index contributed by atoms with van der Waals surface area (Å²) >= 11 is 0. The van der Waals surface area contributed by atoms with E-state index in [0.717, 1.165) is 0 Å². The van der Waals surface area contributed by atoms with Crippen LogP contribution in [0.2, 0.25) is 0 Å². The molecule has 2 amide bonds. The summed E-state index contributed by atoms with van der Waals surface area (Å²) in [7, 11) is 1.62. The van der Waals surface area contributed by atoms with Gasteiger partial charge in [0.1, 0.15) is 17.4 Å². The molecule has 2 fully saturated rings. The summed E-state index contributed by atoms with van der Waals surface area (Å²) in [4.78, 5) is 41.0. The number of likely N-dealkylation sites (tertiary alicyclic amines) is 2. The lowest BCUT2D eigenvalue weighted by atomic mass is 9.98. The van der Waals surface area contributed by atoms with Crippen molar-refractivity contribution in [2.45, 2.75) is 37.6 Å². The standard InChI is InChI=1S/C24H26FN7O4/c1-14(20(33)32-12-23(2,25)13-32)27-22-26-9-7-17(29-22)15-5-4-6-16(28-15)18-11-19(36-30-18)24(35)8-10-31(3)21(24)34/h4-7,9,11,14,35H,8,10,12-13H2,1-3H3,(H,26,27,29). The molecule has 0 saturated carbocycles. The molecular formula is C24H26FN7O4. The van der Waals surface area contributed by atoms with Crippen molar-refractivity contribution >= 4 is 17.8 Å². The molecule has 2 N–H and O–H groups in total. The van der Waals surface area contributed by atoms with Crippen molar-refractivity contribution in [1.82, 2.24) is 29.9 Å². The SMILES string of the molecule is CC(Nc1nccc(-c2cccc(-c3cc(C4(O)CCN(C)C4=O)on3)n2)n1)C(=O)N1CC(C)(F)C1. The number of aliphatic hydroxyl groups is 1. The van der Waals surface area contributed by atoms with Gasteiger partial charge in [-0.1, -0.05) is 11.2 Å². The Morgan fingerprint density at radius 1 is 1.19 bits per heavy atom. The molecule has 2 unspecified atom stereocenters. The van der Waals surface area contributed by atoms with Crippen molar-refractivity contribution in [2.75, 3.05) is 32.0 Å². The second-order valence-corrected chi connectivity index (χ2v) is 9.56. The van der Waals surface area contributed by atoms with Crippen LogP contribution in [-0.2, 0) is 15.2 Å².